The van der Waals surface area contributed by atoms with Gasteiger partial charge >= 0.3 is 11.9 Å². The van der Waals surface area contributed by atoms with E-state index < -0.39 is 23.1 Å². The molecule has 33 heavy (non-hydrogen) atoms. The Morgan fingerprint density at radius 3 is 1.42 bits per heavy atom. The summed E-state index contributed by atoms with van der Waals surface area (Å²) >= 11 is 0. The highest BCUT2D eigenvalue weighted by atomic mass is 16.6. The molecule has 0 bridgehead atoms. The van der Waals surface area contributed by atoms with E-state index in [1.54, 1.807) is 27.7 Å². The second-order valence-corrected chi connectivity index (χ2v) is 10.3. The van der Waals surface area contributed by atoms with Gasteiger partial charge in [-0.25, -0.2) is 9.59 Å². The van der Waals surface area contributed by atoms with Gasteiger partial charge in [0.15, 0.2) is 11.2 Å². The zero-order valence-corrected chi connectivity index (χ0v) is 22.9. The maximum Gasteiger partial charge on any atom is 0.337 e. The first-order valence-corrected chi connectivity index (χ1v) is 11.9. The fourth-order valence-corrected chi connectivity index (χ4v) is 2.90. The molecule has 0 amide bonds. The summed E-state index contributed by atoms with van der Waals surface area (Å²) in [4.78, 5) is 25.0. The van der Waals surface area contributed by atoms with E-state index in [2.05, 4.69) is 0 Å². The molecule has 4 unspecified atom stereocenters. The highest BCUT2D eigenvalue weighted by molar-refractivity contribution is 5.79. The Kier molecular flexibility index (Phi) is 13.7. The summed E-state index contributed by atoms with van der Waals surface area (Å²) in [7, 11) is 0. The summed E-state index contributed by atoms with van der Waals surface area (Å²) in [6.45, 7) is 22.5. The van der Waals surface area contributed by atoms with Crippen LogP contribution in [0, 0.1) is 5.92 Å². The molecule has 0 rings (SSSR count). The van der Waals surface area contributed by atoms with Gasteiger partial charge in [0.05, 0.1) is 37.1 Å². The highest BCUT2D eigenvalue weighted by Gasteiger charge is 2.36. The van der Waals surface area contributed by atoms with Crippen molar-refractivity contribution in [3.8, 4) is 0 Å². The zero-order valence-electron chi connectivity index (χ0n) is 22.9. The molecule has 0 saturated carbocycles. The SMILES string of the molecule is CC(C)OC(C)COC(=O)C(C)(C)OCC(C)C(C)OC(C)(C)C(=O)OCC(C)OC(C)C. The Bertz CT molecular complexity index is 585. The molecule has 196 valence electrons. The van der Waals surface area contributed by atoms with Gasteiger partial charge in [0.25, 0.3) is 0 Å². The van der Waals surface area contributed by atoms with Crippen LogP contribution < -0.4 is 0 Å². The standard InChI is InChI=1S/C25H48O8/c1-16(2)31-19(6)14-28-22(26)24(9,10)30-13-18(5)21(8)33-25(11,12)23(27)29-15-20(7)32-17(3)4/h16-21H,13-15H2,1-12H3. The maximum atomic E-state index is 12.5. The molecule has 8 nitrogen and oxygen atoms in total. The Labute approximate surface area is 201 Å². The normalized spacial score (nSPS) is 16.4. The second-order valence-electron chi connectivity index (χ2n) is 10.3. The molecule has 0 radical (unpaired) electrons. The van der Waals surface area contributed by atoms with Gasteiger partial charge in [-0.2, -0.15) is 0 Å². The van der Waals surface area contributed by atoms with Crippen molar-refractivity contribution in [2.24, 2.45) is 5.92 Å². The second kappa shape index (κ2) is 14.2. The van der Waals surface area contributed by atoms with Gasteiger partial charge < -0.3 is 28.4 Å². The van der Waals surface area contributed by atoms with Crippen molar-refractivity contribution >= 4 is 11.9 Å². The Morgan fingerprint density at radius 2 is 1.03 bits per heavy atom. The van der Waals surface area contributed by atoms with Gasteiger partial charge in [0.1, 0.15) is 13.2 Å². The third kappa shape index (κ3) is 13.3. The van der Waals surface area contributed by atoms with E-state index in [1.165, 1.54) is 0 Å². The Balaban J connectivity index is 4.60. The number of esters is 2. The van der Waals surface area contributed by atoms with Crippen molar-refractivity contribution in [1.82, 2.24) is 0 Å². The number of ether oxygens (including phenoxy) is 6. The molecule has 8 heteroatoms. The predicted octanol–water partition coefficient (Wildman–Crippen LogP) is 4.31. The van der Waals surface area contributed by atoms with E-state index in [-0.39, 0.29) is 56.3 Å². The third-order valence-corrected chi connectivity index (χ3v) is 4.88. The van der Waals surface area contributed by atoms with Gasteiger partial charge in [-0.15, -0.1) is 0 Å². The summed E-state index contributed by atoms with van der Waals surface area (Å²) in [5.74, 6) is -0.997. The number of carbonyl (C=O) groups excluding carboxylic acids is 2. The molecule has 0 aromatic rings. The van der Waals surface area contributed by atoms with Crippen molar-refractivity contribution in [3.05, 3.63) is 0 Å². The minimum atomic E-state index is -1.13. The van der Waals surface area contributed by atoms with Gasteiger partial charge in [-0.05, 0) is 76.2 Å². The van der Waals surface area contributed by atoms with Crippen LogP contribution in [0.3, 0.4) is 0 Å². The smallest absolute Gasteiger partial charge is 0.337 e. The molecule has 0 aliphatic rings. The number of hydrogen-bond acceptors (Lipinski definition) is 8. The summed E-state index contributed by atoms with van der Waals surface area (Å²) in [5, 5.41) is 0. The van der Waals surface area contributed by atoms with Gasteiger partial charge in [0, 0.05) is 5.92 Å². The van der Waals surface area contributed by atoms with Crippen LogP contribution in [0.5, 0.6) is 0 Å². The molecule has 0 N–H and O–H groups in total. The highest BCUT2D eigenvalue weighted by Crippen LogP contribution is 2.22. The molecule has 0 aromatic carbocycles. The van der Waals surface area contributed by atoms with Crippen LogP contribution in [0.25, 0.3) is 0 Å². The molecule has 4 atom stereocenters. The summed E-state index contributed by atoms with van der Waals surface area (Å²) in [5.41, 5.74) is -2.25. The molecule has 0 heterocycles. The van der Waals surface area contributed by atoms with Crippen LogP contribution in [0.4, 0.5) is 0 Å². The lowest BCUT2D eigenvalue weighted by Gasteiger charge is -2.32. The quantitative estimate of drug-likeness (QED) is 0.304. The first-order chi connectivity index (χ1) is 15.0. The molecule has 0 aliphatic heterocycles. The summed E-state index contributed by atoms with van der Waals surface area (Å²) < 4.78 is 33.7. The van der Waals surface area contributed by atoms with Crippen LogP contribution in [0.2, 0.25) is 0 Å². The van der Waals surface area contributed by atoms with Gasteiger partial charge in [-0.3, -0.25) is 0 Å². The summed E-state index contributed by atoms with van der Waals surface area (Å²) in [6.07, 6.45) is -0.593. The maximum absolute atomic E-state index is 12.5. The van der Waals surface area contributed by atoms with Crippen LogP contribution in [-0.4, -0.2) is 73.5 Å². The molecule has 0 saturated heterocycles. The minimum absolute atomic E-state index is 0.0575. The first-order valence-electron chi connectivity index (χ1n) is 11.9. The first kappa shape index (κ1) is 31.8. The number of hydrogen-bond donors (Lipinski definition) is 0. The average molecular weight is 477 g/mol. The molecule has 0 spiro atoms. The van der Waals surface area contributed by atoms with E-state index in [1.807, 2.05) is 55.4 Å². The predicted molar refractivity (Wildman–Crippen MR) is 127 cm³/mol. The Hall–Kier alpha value is -1.22. The Morgan fingerprint density at radius 1 is 0.636 bits per heavy atom. The zero-order chi connectivity index (χ0) is 26.0. The monoisotopic (exact) mass is 476 g/mol. The van der Waals surface area contributed by atoms with Crippen LogP contribution in [0.15, 0.2) is 0 Å². The number of rotatable bonds is 16. The van der Waals surface area contributed by atoms with E-state index in [0.717, 1.165) is 0 Å². The lowest BCUT2D eigenvalue weighted by molar-refractivity contribution is -0.186. The third-order valence-electron chi connectivity index (χ3n) is 4.88. The molecule has 0 aromatic heterocycles. The van der Waals surface area contributed by atoms with Crippen molar-refractivity contribution in [1.29, 1.82) is 0 Å². The molecular weight excluding hydrogens is 428 g/mol. The minimum Gasteiger partial charge on any atom is -0.461 e. The summed E-state index contributed by atoms with van der Waals surface area (Å²) in [6, 6.07) is 0. The average Bonchev–Trinajstić information content (AvgIpc) is 2.66. The van der Waals surface area contributed by atoms with Crippen molar-refractivity contribution in [2.45, 2.75) is 125 Å². The van der Waals surface area contributed by atoms with Crippen molar-refractivity contribution in [2.75, 3.05) is 19.8 Å². The van der Waals surface area contributed by atoms with Crippen LogP contribution in [-0.2, 0) is 38.0 Å². The molecule has 0 aliphatic carbocycles. The van der Waals surface area contributed by atoms with E-state index in [4.69, 9.17) is 28.4 Å². The van der Waals surface area contributed by atoms with Crippen LogP contribution in [0.1, 0.15) is 83.1 Å². The largest absolute Gasteiger partial charge is 0.461 e. The molecular formula is C25H48O8. The lowest BCUT2D eigenvalue weighted by atomic mass is 10.0. The van der Waals surface area contributed by atoms with Crippen LogP contribution >= 0.6 is 0 Å². The molecule has 0 fully saturated rings. The fraction of sp³-hybridized carbons (Fsp3) is 0.920. The number of carbonyl (C=O) groups is 2. The lowest BCUT2D eigenvalue weighted by Crippen LogP contribution is -2.44. The van der Waals surface area contributed by atoms with Gasteiger partial charge in [0.2, 0.25) is 0 Å². The van der Waals surface area contributed by atoms with E-state index in [9.17, 15) is 9.59 Å². The van der Waals surface area contributed by atoms with E-state index in [0.29, 0.717) is 0 Å². The van der Waals surface area contributed by atoms with Crippen molar-refractivity contribution in [3.63, 3.8) is 0 Å². The topological polar surface area (TPSA) is 89.5 Å². The fourth-order valence-electron chi connectivity index (χ4n) is 2.90. The van der Waals surface area contributed by atoms with E-state index >= 15 is 0 Å². The van der Waals surface area contributed by atoms with Gasteiger partial charge in [-0.1, -0.05) is 6.92 Å². The van der Waals surface area contributed by atoms with Crippen molar-refractivity contribution < 1.29 is 38.0 Å².